The summed E-state index contributed by atoms with van der Waals surface area (Å²) in [5, 5.41) is 1.88. The van der Waals surface area contributed by atoms with Gasteiger partial charge in [-0.25, -0.2) is 8.42 Å². The Kier molecular flexibility index (Phi) is 4.42. The maximum Gasteiger partial charge on any atom is 0.243 e. The number of fused-ring (bicyclic) bond motifs is 1. The van der Waals surface area contributed by atoms with Gasteiger partial charge in [0.05, 0.1) is 10.8 Å². The minimum atomic E-state index is -3.59. The lowest BCUT2D eigenvalue weighted by Gasteiger charge is -2.34. The first-order chi connectivity index (χ1) is 12.3. The molecule has 0 spiro atoms. The molecule has 1 aliphatic carbocycles. The summed E-state index contributed by atoms with van der Waals surface area (Å²) in [5.41, 5.74) is 0. The molecule has 0 N–H and O–H groups in total. The first-order valence-corrected chi connectivity index (χ1v) is 10.6. The largest absolute Gasteiger partial charge is 0.340 e. The average Bonchev–Trinajstić information content (AvgIpc) is 3.29. The molecule has 1 amide bonds. The number of nitrogens with zero attached hydrogens (tertiary/aromatic N) is 2. The zero-order valence-corrected chi connectivity index (χ0v) is 16.3. The van der Waals surface area contributed by atoms with Gasteiger partial charge in [0, 0.05) is 26.2 Å². The molecule has 1 heterocycles. The second kappa shape index (κ2) is 6.37. The van der Waals surface area contributed by atoms with Gasteiger partial charge in [-0.2, -0.15) is 4.31 Å². The van der Waals surface area contributed by atoms with Crippen molar-refractivity contribution in [1.29, 1.82) is 0 Å². The topological polar surface area (TPSA) is 57.7 Å². The Morgan fingerprint density at radius 1 is 1.00 bits per heavy atom. The third kappa shape index (κ3) is 3.20. The van der Waals surface area contributed by atoms with Crippen LogP contribution in [0.2, 0.25) is 0 Å². The smallest absolute Gasteiger partial charge is 0.243 e. The number of alkyl halides is 2. The van der Waals surface area contributed by atoms with E-state index in [1.54, 1.807) is 17.0 Å². The molecular weight excluding hydrogens is 395 g/mol. The standard InChI is InChI=1S/C18H18Cl2N2O3S/c19-18(20)12-16(18)17(23)21-7-9-22(10-8-21)26(24,25)15-6-5-13-3-1-2-4-14(13)11-15/h1-6,11,16H,7-10,12H2. The van der Waals surface area contributed by atoms with Crippen molar-refractivity contribution in [3.63, 3.8) is 0 Å². The van der Waals surface area contributed by atoms with Crippen molar-refractivity contribution in [2.75, 3.05) is 26.2 Å². The van der Waals surface area contributed by atoms with E-state index in [0.717, 1.165) is 10.8 Å². The Morgan fingerprint density at radius 3 is 2.23 bits per heavy atom. The summed E-state index contributed by atoms with van der Waals surface area (Å²) in [5.74, 6) is -0.452. The van der Waals surface area contributed by atoms with E-state index in [1.165, 1.54) is 4.31 Å². The highest BCUT2D eigenvalue weighted by Gasteiger charge is 2.57. The van der Waals surface area contributed by atoms with Crippen molar-refractivity contribution in [2.24, 2.45) is 5.92 Å². The van der Waals surface area contributed by atoms with E-state index in [2.05, 4.69) is 0 Å². The predicted octanol–water partition coefficient (Wildman–Crippen LogP) is 2.87. The molecule has 138 valence electrons. The number of benzene rings is 2. The summed E-state index contributed by atoms with van der Waals surface area (Å²) in [4.78, 5) is 14.3. The second-order valence-corrected chi connectivity index (χ2v) is 10.2. The fraction of sp³-hybridized carbons (Fsp3) is 0.389. The third-order valence-corrected chi connectivity index (χ3v) is 7.76. The highest BCUT2D eigenvalue weighted by Crippen LogP contribution is 2.54. The van der Waals surface area contributed by atoms with Crippen LogP contribution in [0.15, 0.2) is 47.4 Å². The number of hydrogen-bond acceptors (Lipinski definition) is 3. The molecule has 2 fully saturated rings. The van der Waals surface area contributed by atoms with E-state index in [9.17, 15) is 13.2 Å². The lowest BCUT2D eigenvalue weighted by Crippen LogP contribution is -2.51. The van der Waals surface area contributed by atoms with Crippen molar-refractivity contribution in [3.05, 3.63) is 42.5 Å². The van der Waals surface area contributed by atoms with Crippen molar-refractivity contribution >= 4 is 49.9 Å². The zero-order valence-electron chi connectivity index (χ0n) is 13.9. The van der Waals surface area contributed by atoms with Gasteiger partial charge in [-0.15, -0.1) is 23.2 Å². The van der Waals surface area contributed by atoms with Crippen LogP contribution in [-0.4, -0.2) is 54.0 Å². The van der Waals surface area contributed by atoms with Crippen LogP contribution in [0.4, 0.5) is 0 Å². The molecule has 5 nitrogen and oxygen atoms in total. The molecule has 0 aromatic heterocycles. The van der Waals surface area contributed by atoms with E-state index in [0.29, 0.717) is 19.5 Å². The monoisotopic (exact) mass is 412 g/mol. The second-order valence-electron chi connectivity index (χ2n) is 6.76. The molecule has 1 saturated carbocycles. The molecule has 26 heavy (non-hydrogen) atoms. The fourth-order valence-electron chi connectivity index (χ4n) is 3.33. The lowest BCUT2D eigenvalue weighted by atomic mass is 10.1. The van der Waals surface area contributed by atoms with Gasteiger partial charge in [0.25, 0.3) is 0 Å². The quantitative estimate of drug-likeness (QED) is 0.728. The predicted molar refractivity (Wildman–Crippen MR) is 102 cm³/mol. The molecule has 1 unspecified atom stereocenters. The van der Waals surface area contributed by atoms with E-state index in [4.69, 9.17) is 23.2 Å². The number of piperazine rings is 1. The molecule has 1 atom stereocenters. The summed E-state index contributed by atoms with van der Waals surface area (Å²) in [6.07, 6.45) is 0.463. The van der Waals surface area contributed by atoms with Crippen molar-refractivity contribution in [1.82, 2.24) is 9.21 Å². The highest BCUT2D eigenvalue weighted by molar-refractivity contribution is 7.89. The van der Waals surface area contributed by atoms with E-state index < -0.39 is 14.4 Å². The van der Waals surface area contributed by atoms with E-state index in [1.807, 2.05) is 30.3 Å². The number of carbonyl (C=O) groups is 1. The molecule has 0 bridgehead atoms. The van der Waals surface area contributed by atoms with Crippen LogP contribution in [0.5, 0.6) is 0 Å². The first kappa shape index (κ1) is 18.0. The normalized spacial score (nSPS) is 23.2. The van der Waals surface area contributed by atoms with Gasteiger partial charge in [-0.1, -0.05) is 30.3 Å². The SMILES string of the molecule is O=C(C1CC1(Cl)Cl)N1CCN(S(=O)(=O)c2ccc3ccccc3c2)CC1. The van der Waals surface area contributed by atoms with Gasteiger partial charge >= 0.3 is 0 Å². The molecular formula is C18H18Cl2N2O3S. The van der Waals surface area contributed by atoms with Gasteiger partial charge < -0.3 is 4.90 Å². The number of amides is 1. The Bertz CT molecular complexity index is 969. The van der Waals surface area contributed by atoms with Crippen molar-refractivity contribution in [3.8, 4) is 0 Å². The summed E-state index contributed by atoms with van der Waals surface area (Å²) in [6.45, 7) is 1.24. The van der Waals surface area contributed by atoms with Gasteiger partial charge in [0.2, 0.25) is 15.9 Å². The van der Waals surface area contributed by atoms with Gasteiger partial charge in [0.15, 0.2) is 0 Å². The Balaban J connectivity index is 1.48. The van der Waals surface area contributed by atoms with Crippen LogP contribution < -0.4 is 0 Å². The Morgan fingerprint density at radius 2 is 1.62 bits per heavy atom. The lowest BCUT2D eigenvalue weighted by molar-refractivity contribution is -0.133. The Labute approximate surface area is 162 Å². The number of rotatable bonds is 3. The highest BCUT2D eigenvalue weighted by atomic mass is 35.5. The number of sulfonamides is 1. The first-order valence-electron chi connectivity index (χ1n) is 8.45. The summed E-state index contributed by atoms with van der Waals surface area (Å²) in [6, 6.07) is 12.8. The molecule has 1 aliphatic heterocycles. The van der Waals surface area contributed by atoms with Crippen LogP contribution in [0.25, 0.3) is 10.8 Å². The van der Waals surface area contributed by atoms with Gasteiger partial charge in [-0.3, -0.25) is 4.79 Å². The zero-order chi connectivity index (χ0) is 18.5. The maximum absolute atomic E-state index is 12.9. The molecule has 4 rings (SSSR count). The molecule has 2 aliphatic rings. The Hall–Kier alpha value is -1.34. The fourth-order valence-corrected chi connectivity index (χ4v) is 5.28. The van der Waals surface area contributed by atoms with Gasteiger partial charge in [-0.05, 0) is 29.3 Å². The molecule has 1 saturated heterocycles. The minimum Gasteiger partial charge on any atom is -0.340 e. The van der Waals surface area contributed by atoms with Crippen LogP contribution in [0.1, 0.15) is 6.42 Å². The number of carbonyl (C=O) groups excluding carboxylic acids is 1. The summed E-state index contributed by atoms with van der Waals surface area (Å²) in [7, 11) is -3.59. The molecule has 2 aromatic carbocycles. The van der Waals surface area contributed by atoms with Crippen LogP contribution in [0.3, 0.4) is 0 Å². The number of hydrogen-bond donors (Lipinski definition) is 0. The summed E-state index contributed by atoms with van der Waals surface area (Å²) >= 11 is 11.9. The summed E-state index contributed by atoms with van der Waals surface area (Å²) < 4.78 is 26.4. The molecule has 0 radical (unpaired) electrons. The van der Waals surface area contributed by atoms with Crippen molar-refractivity contribution in [2.45, 2.75) is 15.6 Å². The van der Waals surface area contributed by atoms with Crippen LogP contribution in [0, 0.1) is 5.92 Å². The minimum absolute atomic E-state index is 0.0854. The van der Waals surface area contributed by atoms with Crippen LogP contribution >= 0.6 is 23.2 Å². The average molecular weight is 413 g/mol. The molecule has 8 heteroatoms. The van der Waals surface area contributed by atoms with Crippen molar-refractivity contribution < 1.29 is 13.2 Å². The third-order valence-electron chi connectivity index (χ3n) is 5.03. The maximum atomic E-state index is 12.9. The molecule has 2 aromatic rings. The van der Waals surface area contributed by atoms with E-state index in [-0.39, 0.29) is 29.8 Å². The van der Waals surface area contributed by atoms with Gasteiger partial charge in [0.1, 0.15) is 4.33 Å². The van der Waals surface area contributed by atoms with Crippen LogP contribution in [-0.2, 0) is 14.8 Å². The van der Waals surface area contributed by atoms with E-state index >= 15 is 0 Å². The number of halogens is 2.